The number of rotatable bonds is 6. The van der Waals surface area contributed by atoms with Crippen LogP contribution in [0.4, 0.5) is 11.4 Å². The molecule has 3 rings (SSSR count). The largest absolute Gasteiger partial charge is 0.496 e. The van der Waals surface area contributed by atoms with Crippen molar-refractivity contribution in [2.75, 3.05) is 23.9 Å². The van der Waals surface area contributed by atoms with Gasteiger partial charge in [0.1, 0.15) is 5.75 Å². The quantitative estimate of drug-likeness (QED) is 0.546. The molecule has 0 aromatic heterocycles. The van der Waals surface area contributed by atoms with Crippen molar-refractivity contribution in [3.63, 3.8) is 0 Å². The van der Waals surface area contributed by atoms with Gasteiger partial charge in [0.05, 0.1) is 22.8 Å². The van der Waals surface area contributed by atoms with E-state index in [4.69, 9.17) is 4.74 Å². The number of ether oxygens (including phenoxy) is 1. The molecule has 6 heteroatoms. The number of nitrogens with zero attached hydrogens (tertiary/aromatic N) is 1. The van der Waals surface area contributed by atoms with Crippen LogP contribution in [0.25, 0.3) is 0 Å². The second-order valence-corrected chi connectivity index (χ2v) is 7.09. The van der Waals surface area contributed by atoms with Crippen molar-refractivity contribution < 1.29 is 14.3 Å². The molecule has 0 atom stereocenters. The molecule has 0 radical (unpaired) electrons. The molecular weight excluding hydrogens is 432 g/mol. The van der Waals surface area contributed by atoms with Crippen molar-refractivity contribution in [2.45, 2.75) is 6.92 Å². The Bertz CT molecular complexity index is 1020. The molecule has 0 fully saturated rings. The van der Waals surface area contributed by atoms with Gasteiger partial charge in [-0.2, -0.15) is 0 Å². The molecule has 0 unspecified atom stereocenters. The summed E-state index contributed by atoms with van der Waals surface area (Å²) in [6.07, 6.45) is 0. The third-order valence-electron chi connectivity index (χ3n) is 4.45. The van der Waals surface area contributed by atoms with E-state index in [1.807, 2.05) is 37.3 Å². The summed E-state index contributed by atoms with van der Waals surface area (Å²) >= 11 is 3.39. The SMILES string of the molecule is CCN(C(=O)c1ccccc1NC(=O)c1ccc(OC)c(Br)c1)c1ccccc1. The van der Waals surface area contributed by atoms with Gasteiger partial charge in [-0.15, -0.1) is 0 Å². The minimum Gasteiger partial charge on any atom is -0.496 e. The number of halogens is 1. The molecular formula is C23H21BrN2O3. The minimum absolute atomic E-state index is 0.175. The minimum atomic E-state index is -0.309. The summed E-state index contributed by atoms with van der Waals surface area (Å²) in [5.74, 6) is 0.153. The van der Waals surface area contributed by atoms with E-state index in [2.05, 4.69) is 21.2 Å². The van der Waals surface area contributed by atoms with E-state index < -0.39 is 0 Å². The molecule has 29 heavy (non-hydrogen) atoms. The number of hydrogen-bond donors (Lipinski definition) is 1. The Kier molecular flexibility index (Phi) is 6.67. The third-order valence-corrected chi connectivity index (χ3v) is 5.07. The smallest absolute Gasteiger partial charge is 0.260 e. The lowest BCUT2D eigenvalue weighted by Gasteiger charge is -2.22. The molecule has 0 aliphatic carbocycles. The Morgan fingerprint density at radius 3 is 2.34 bits per heavy atom. The fourth-order valence-electron chi connectivity index (χ4n) is 2.98. The first-order valence-electron chi connectivity index (χ1n) is 9.16. The van der Waals surface area contributed by atoms with Gasteiger partial charge in [-0.3, -0.25) is 9.59 Å². The summed E-state index contributed by atoms with van der Waals surface area (Å²) in [7, 11) is 1.56. The van der Waals surface area contributed by atoms with Crippen LogP contribution in [0.2, 0.25) is 0 Å². The maximum Gasteiger partial charge on any atom is 0.260 e. The molecule has 0 spiro atoms. The van der Waals surface area contributed by atoms with Crippen LogP contribution in [-0.4, -0.2) is 25.5 Å². The number of methoxy groups -OCH3 is 1. The zero-order valence-corrected chi connectivity index (χ0v) is 17.8. The van der Waals surface area contributed by atoms with Crippen LogP contribution < -0.4 is 15.0 Å². The average molecular weight is 453 g/mol. The van der Waals surface area contributed by atoms with Crippen molar-refractivity contribution in [3.8, 4) is 5.75 Å². The number of carbonyl (C=O) groups is 2. The predicted molar refractivity (Wildman–Crippen MR) is 119 cm³/mol. The van der Waals surface area contributed by atoms with Crippen molar-refractivity contribution in [3.05, 3.63) is 88.4 Å². The van der Waals surface area contributed by atoms with E-state index in [-0.39, 0.29) is 11.8 Å². The van der Waals surface area contributed by atoms with Crippen LogP contribution in [0, 0.1) is 0 Å². The fraction of sp³-hybridized carbons (Fsp3) is 0.130. The summed E-state index contributed by atoms with van der Waals surface area (Å²) in [5.41, 5.74) is 2.15. The Morgan fingerprint density at radius 1 is 1.00 bits per heavy atom. The number of para-hydroxylation sites is 2. The van der Waals surface area contributed by atoms with Crippen LogP contribution >= 0.6 is 15.9 Å². The maximum absolute atomic E-state index is 13.2. The molecule has 0 bridgehead atoms. The van der Waals surface area contributed by atoms with Crippen molar-refractivity contribution in [2.24, 2.45) is 0 Å². The highest BCUT2D eigenvalue weighted by Gasteiger charge is 2.20. The van der Waals surface area contributed by atoms with E-state index in [0.29, 0.717) is 33.6 Å². The van der Waals surface area contributed by atoms with Gasteiger partial charge in [-0.05, 0) is 65.3 Å². The van der Waals surface area contributed by atoms with Gasteiger partial charge in [-0.25, -0.2) is 0 Å². The zero-order valence-electron chi connectivity index (χ0n) is 16.2. The number of hydrogen-bond acceptors (Lipinski definition) is 3. The first-order valence-corrected chi connectivity index (χ1v) is 9.95. The van der Waals surface area contributed by atoms with Crippen LogP contribution in [-0.2, 0) is 0 Å². The van der Waals surface area contributed by atoms with E-state index >= 15 is 0 Å². The van der Waals surface area contributed by atoms with Gasteiger partial charge in [-0.1, -0.05) is 30.3 Å². The molecule has 0 aliphatic heterocycles. The van der Waals surface area contributed by atoms with Gasteiger partial charge < -0.3 is 15.0 Å². The summed E-state index contributed by atoms with van der Waals surface area (Å²) in [4.78, 5) is 27.6. The van der Waals surface area contributed by atoms with Gasteiger partial charge in [0.2, 0.25) is 0 Å². The van der Waals surface area contributed by atoms with E-state index in [9.17, 15) is 9.59 Å². The lowest BCUT2D eigenvalue weighted by molar-refractivity contribution is 0.0989. The number of benzene rings is 3. The van der Waals surface area contributed by atoms with Crippen LogP contribution in [0.3, 0.4) is 0 Å². The van der Waals surface area contributed by atoms with E-state index in [1.54, 1.807) is 54.5 Å². The monoisotopic (exact) mass is 452 g/mol. The van der Waals surface area contributed by atoms with Crippen LogP contribution in [0.15, 0.2) is 77.3 Å². The fourth-order valence-corrected chi connectivity index (χ4v) is 3.52. The highest BCUT2D eigenvalue weighted by atomic mass is 79.9. The summed E-state index contributed by atoms with van der Waals surface area (Å²) < 4.78 is 5.88. The number of amides is 2. The zero-order chi connectivity index (χ0) is 20.8. The first kappa shape index (κ1) is 20.6. The molecule has 2 amide bonds. The maximum atomic E-state index is 13.2. The van der Waals surface area contributed by atoms with Crippen LogP contribution in [0.5, 0.6) is 5.75 Å². The number of carbonyl (C=O) groups excluding carboxylic acids is 2. The molecule has 0 saturated heterocycles. The molecule has 3 aromatic rings. The van der Waals surface area contributed by atoms with Gasteiger partial charge >= 0.3 is 0 Å². The van der Waals surface area contributed by atoms with Crippen LogP contribution in [0.1, 0.15) is 27.6 Å². The molecule has 0 aliphatic rings. The van der Waals surface area contributed by atoms with Crippen molar-refractivity contribution in [1.82, 2.24) is 0 Å². The topological polar surface area (TPSA) is 58.6 Å². The Labute approximate surface area is 178 Å². The highest BCUT2D eigenvalue weighted by molar-refractivity contribution is 9.10. The average Bonchev–Trinajstić information content (AvgIpc) is 2.75. The summed E-state index contributed by atoms with van der Waals surface area (Å²) in [6.45, 7) is 2.43. The lowest BCUT2D eigenvalue weighted by atomic mass is 10.1. The molecule has 3 aromatic carbocycles. The Hall–Kier alpha value is -3.12. The molecule has 148 valence electrons. The molecule has 0 heterocycles. The van der Waals surface area contributed by atoms with Crippen molar-refractivity contribution >= 4 is 39.1 Å². The molecule has 0 saturated carbocycles. The summed E-state index contributed by atoms with van der Waals surface area (Å²) in [6, 6.07) is 21.5. The number of anilines is 2. The Balaban J connectivity index is 1.88. The molecule has 5 nitrogen and oxygen atoms in total. The first-order chi connectivity index (χ1) is 14.0. The van der Waals surface area contributed by atoms with E-state index in [0.717, 1.165) is 5.69 Å². The summed E-state index contributed by atoms with van der Waals surface area (Å²) in [5, 5.41) is 2.85. The third kappa shape index (κ3) is 4.66. The normalized spacial score (nSPS) is 10.3. The second kappa shape index (κ2) is 9.39. The number of nitrogens with one attached hydrogen (secondary N) is 1. The lowest BCUT2D eigenvalue weighted by Crippen LogP contribution is -2.31. The Morgan fingerprint density at radius 2 is 1.69 bits per heavy atom. The van der Waals surface area contributed by atoms with Crippen molar-refractivity contribution in [1.29, 1.82) is 0 Å². The van der Waals surface area contributed by atoms with E-state index in [1.165, 1.54) is 0 Å². The standard InChI is InChI=1S/C23H21BrN2O3/c1-3-26(17-9-5-4-6-10-17)23(28)18-11-7-8-12-20(18)25-22(27)16-13-14-21(29-2)19(24)15-16/h4-15H,3H2,1-2H3,(H,25,27). The predicted octanol–water partition coefficient (Wildman–Crippen LogP) is 5.38. The van der Waals surface area contributed by atoms with Gasteiger partial charge in [0, 0.05) is 17.8 Å². The van der Waals surface area contributed by atoms with Gasteiger partial charge in [0.15, 0.2) is 0 Å². The van der Waals surface area contributed by atoms with Gasteiger partial charge in [0.25, 0.3) is 11.8 Å². The highest BCUT2D eigenvalue weighted by Crippen LogP contribution is 2.27. The second-order valence-electron chi connectivity index (χ2n) is 6.23. The molecule has 1 N–H and O–H groups in total.